The van der Waals surface area contributed by atoms with E-state index in [1.807, 2.05) is 72.2 Å². The Hall–Kier alpha value is -3.57. The molecule has 140 valence electrons. The molecule has 0 fully saturated rings. The Kier molecular flexibility index (Phi) is 4.72. The molecular weight excluding hydrogens is 376 g/mol. The average molecular weight is 395 g/mol. The Balaban J connectivity index is 1.65. The standard InChI is InChI=1S/C24H18N4S/c1-2-8-17(9-3-1)22(21-12-6-7-14-25-21)27-24-19-10-4-5-11-20(19)26-23(28-24)18-13-15-29-16-18/h1-16,22H,(H,26,27,28). The van der Waals surface area contributed by atoms with Crippen LogP contribution in [0.15, 0.2) is 95.8 Å². The van der Waals surface area contributed by atoms with Gasteiger partial charge in [-0.15, -0.1) is 0 Å². The molecule has 0 amide bonds. The van der Waals surface area contributed by atoms with Crippen LogP contribution in [0.5, 0.6) is 0 Å². The van der Waals surface area contributed by atoms with Crippen molar-refractivity contribution in [3.05, 3.63) is 107 Å². The van der Waals surface area contributed by atoms with Crippen LogP contribution in [0, 0.1) is 0 Å². The Bertz CT molecular complexity index is 1180. The number of aromatic nitrogens is 3. The minimum absolute atomic E-state index is 0.119. The zero-order valence-electron chi connectivity index (χ0n) is 15.6. The van der Waals surface area contributed by atoms with Gasteiger partial charge in [-0.2, -0.15) is 11.3 Å². The zero-order valence-corrected chi connectivity index (χ0v) is 16.4. The quantitative estimate of drug-likeness (QED) is 0.400. The highest BCUT2D eigenvalue weighted by Crippen LogP contribution is 2.30. The maximum Gasteiger partial charge on any atom is 0.162 e. The number of anilines is 1. The number of nitrogens with zero attached hydrogens (tertiary/aromatic N) is 3. The van der Waals surface area contributed by atoms with Crippen LogP contribution in [0.4, 0.5) is 5.82 Å². The van der Waals surface area contributed by atoms with Gasteiger partial charge in [-0.3, -0.25) is 4.98 Å². The van der Waals surface area contributed by atoms with Gasteiger partial charge in [-0.05, 0) is 41.3 Å². The molecule has 0 bridgehead atoms. The Morgan fingerprint density at radius 3 is 2.41 bits per heavy atom. The van der Waals surface area contributed by atoms with E-state index in [-0.39, 0.29) is 6.04 Å². The Labute approximate surface area is 172 Å². The summed E-state index contributed by atoms with van der Waals surface area (Å²) < 4.78 is 0. The van der Waals surface area contributed by atoms with Gasteiger partial charge >= 0.3 is 0 Å². The van der Waals surface area contributed by atoms with Gasteiger partial charge in [-0.25, -0.2) is 9.97 Å². The molecule has 0 saturated carbocycles. The van der Waals surface area contributed by atoms with E-state index in [4.69, 9.17) is 9.97 Å². The average Bonchev–Trinajstić information content (AvgIpc) is 3.33. The van der Waals surface area contributed by atoms with Gasteiger partial charge in [0.1, 0.15) is 5.82 Å². The maximum atomic E-state index is 4.89. The van der Waals surface area contributed by atoms with Gasteiger partial charge in [-0.1, -0.05) is 48.5 Å². The lowest BCUT2D eigenvalue weighted by Gasteiger charge is -2.21. The van der Waals surface area contributed by atoms with Crippen molar-refractivity contribution in [1.82, 2.24) is 15.0 Å². The predicted molar refractivity (Wildman–Crippen MR) is 119 cm³/mol. The molecule has 4 nitrogen and oxygen atoms in total. The van der Waals surface area contributed by atoms with Gasteiger partial charge in [0.05, 0.1) is 17.3 Å². The van der Waals surface area contributed by atoms with Crippen LogP contribution in [0.3, 0.4) is 0 Å². The topological polar surface area (TPSA) is 50.7 Å². The number of pyridine rings is 1. The van der Waals surface area contributed by atoms with Crippen LogP contribution < -0.4 is 5.32 Å². The Morgan fingerprint density at radius 1 is 0.793 bits per heavy atom. The fraction of sp³-hybridized carbons (Fsp3) is 0.0417. The molecule has 0 aliphatic heterocycles. The van der Waals surface area contributed by atoms with E-state index in [2.05, 4.69) is 33.9 Å². The summed E-state index contributed by atoms with van der Waals surface area (Å²) in [4.78, 5) is 14.3. The normalized spacial score (nSPS) is 12.0. The molecule has 5 heteroatoms. The lowest BCUT2D eigenvalue weighted by Crippen LogP contribution is -2.15. The van der Waals surface area contributed by atoms with Crippen molar-refractivity contribution in [1.29, 1.82) is 0 Å². The summed E-state index contributed by atoms with van der Waals surface area (Å²) in [7, 11) is 0. The molecule has 1 N–H and O–H groups in total. The van der Waals surface area contributed by atoms with Crippen LogP contribution in [-0.2, 0) is 0 Å². The summed E-state index contributed by atoms with van der Waals surface area (Å²) in [6.45, 7) is 0. The highest BCUT2D eigenvalue weighted by molar-refractivity contribution is 7.08. The van der Waals surface area contributed by atoms with Crippen molar-refractivity contribution < 1.29 is 0 Å². The summed E-state index contributed by atoms with van der Waals surface area (Å²) in [5.74, 6) is 1.52. The molecule has 0 aliphatic carbocycles. The number of hydrogen-bond acceptors (Lipinski definition) is 5. The van der Waals surface area contributed by atoms with Crippen molar-refractivity contribution in [2.24, 2.45) is 0 Å². The third-order valence-electron chi connectivity index (χ3n) is 4.78. The van der Waals surface area contributed by atoms with Gasteiger partial charge in [0.25, 0.3) is 0 Å². The van der Waals surface area contributed by atoms with Gasteiger partial charge in [0, 0.05) is 22.5 Å². The number of para-hydroxylation sites is 1. The van der Waals surface area contributed by atoms with E-state index in [9.17, 15) is 0 Å². The van der Waals surface area contributed by atoms with E-state index < -0.39 is 0 Å². The van der Waals surface area contributed by atoms with E-state index in [0.717, 1.165) is 39.4 Å². The first-order valence-electron chi connectivity index (χ1n) is 9.40. The van der Waals surface area contributed by atoms with Crippen LogP contribution in [0.25, 0.3) is 22.3 Å². The van der Waals surface area contributed by atoms with Crippen LogP contribution in [0.1, 0.15) is 17.3 Å². The SMILES string of the molecule is c1ccc(C(Nc2nc(-c3ccsc3)nc3ccccc23)c2ccccn2)cc1. The summed E-state index contributed by atoms with van der Waals surface area (Å²) in [6, 6.07) is 26.3. The molecule has 0 radical (unpaired) electrons. The molecule has 5 aromatic rings. The number of nitrogens with one attached hydrogen (secondary N) is 1. The van der Waals surface area contributed by atoms with Gasteiger partial charge < -0.3 is 5.32 Å². The van der Waals surface area contributed by atoms with Crippen molar-refractivity contribution in [2.45, 2.75) is 6.04 Å². The van der Waals surface area contributed by atoms with Crippen molar-refractivity contribution in [3.63, 3.8) is 0 Å². The van der Waals surface area contributed by atoms with Crippen molar-refractivity contribution >= 4 is 28.1 Å². The van der Waals surface area contributed by atoms with Crippen LogP contribution >= 0.6 is 11.3 Å². The number of hydrogen-bond donors (Lipinski definition) is 1. The molecule has 5 rings (SSSR count). The molecule has 1 unspecified atom stereocenters. The summed E-state index contributed by atoms with van der Waals surface area (Å²) in [6.07, 6.45) is 1.82. The van der Waals surface area contributed by atoms with E-state index >= 15 is 0 Å². The lowest BCUT2D eigenvalue weighted by atomic mass is 10.0. The monoisotopic (exact) mass is 394 g/mol. The minimum atomic E-state index is -0.119. The second-order valence-electron chi connectivity index (χ2n) is 6.67. The first-order valence-corrected chi connectivity index (χ1v) is 10.3. The van der Waals surface area contributed by atoms with Gasteiger partial charge in [0.2, 0.25) is 0 Å². The summed E-state index contributed by atoms with van der Waals surface area (Å²) >= 11 is 1.64. The van der Waals surface area contributed by atoms with Crippen LogP contribution in [0.2, 0.25) is 0 Å². The van der Waals surface area contributed by atoms with Gasteiger partial charge in [0.15, 0.2) is 5.82 Å². The first kappa shape index (κ1) is 17.5. The molecule has 2 aromatic carbocycles. The van der Waals surface area contributed by atoms with E-state index in [1.54, 1.807) is 11.3 Å². The van der Waals surface area contributed by atoms with Crippen LogP contribution in [-0.4, -0.2) is 15.0 Å². The molecule has 3 heterocycles. The second kappa shape index (κ2) is 7.81. The molecule has 3 aromatic heterocycles. The maximum absolute atomic E-state index is 4.89. The van der Waals surface area contributed by atoms with Crippen molar-refractivity contribution in [2.75, 3.05) is 5.32 Å². The molecule has 0 aliphatic rings. The molecular formula is C24H18N4S. The summed E-state index contributed by atoms with van der Waals surface area (Å²) in [5, 5.41) is 8.75. The Morgan fingerprint density at radius 2 is 1.62 bits per heavy atom. The highest BCUT2D eigenvalue weighted by Gasteiger charge is 2.18. The number of benzene rings is 2. The third-order valence-corrected chi connectivity index (χ3v) is 5.46. The van der Waals surface area contributed by atoms with E-state index in [0.29, 0.717) is 0 Å². The lowest BCUT2D eigenvalue weighted by molar-refractivity contribution is 0.880. The molecule has 0 spiro atoms. The van der Waals surface area contributed by atoms with Crippen molar-refractivity contribution in [3.8, 4) is 11.4 Å². The molecule has 0 saturated heterocycles. The fourth-order valence-electron chi connectivity index (χ4n) is 3.36. The fourth-order valence-corrected chi connectivity index (χ4v) is 4.00. The number of rotatable bonds is 5. The smallest absolute Gasteiger partial charge is 0.162 e. The molecule has 29 heavy (non-hydrogen) atoms. The largest absolute Gasteiger partial charge is 0.357 e. The third kappa shape index (κ3) is 3.60. The van der Waals surface area contributed by atoms with E-state index in [1.165, 1.54) is 0 Å². The minimum Gasteiger partial charge on any atom is -0.357 e. The number of thiophene rings is 1. The second-order valence-corrected chi connectivity index (χ2v) is 7.45. The number of fused-ring (bicyclic) bond motifs is 1. The zero-order chi connectivity index (χ0) is 19.5. The first-order chi connectivity index (χ1) is 14.4. The highest BCUT2D eigenvalue weighted by atomic mass is 32.1. The predicted octanol–water partition coefficient (Wildman–Crippen LogP) is 5.95. The summed E-state index contributed by atoms with van der Waals surface area (Å²) in [5.41, 5.74) is 4.02. The molecule has 1 atom stereocenters.